The molecule has 0 unspecified atom stereocenters. The summed E-state index contributed by atoms with van der Waals surface area (Å²) < 4.78 is 5.44. The summed E-state index contributed by atoms with van der Waals surface area (Å²) in [7, 11) is 1.74. The van der Waals surface area contributed by atoms with Gasteiger partial charge in [0.05, 0.1) is 12.1 Å². The van der Waals surface area contributed by atoms with Gasteiger partial charge < -0.3 is 15.0 Å². The van der Waals surface area contributed by atoms with Crippen molar-refractivity contribution in [3.05, 3.63) is 0 Å². The van der Waals surface area contributed by atoms with Crippen LogP contribution in [0.25, 0.3) is 0 Å². The minimum Gasteiger partial charge on any atom is -0.377 e. The van der Waals surface area contributed by atoms with Crippen molar-refractivity contribution in [2.45, 2.75) is 59.6 Å². The largest absolute Gasteiger partial charge is 0.377 e. The Morgan fingerprint density at radius 2 is 1.85 bits per heavy atom. The number of nitrogens with one attached hydrogen (secondary N) is 1. The lowest BCUT2D eigenvalue weighted by Gasteiger charge is -2.62. The Morgan fingerprint density at radius 3 is 2.20 bits per heavy atom. The molecule has 1 rings (SSSR count). The molecule has 4 nitrogen and oxygen atoms in total. The van der Waals surface area contributed by atoms with Gasteiger partial charge in [0, 0.05) is 31.2 Å². The highest BCUT2D eigenvalue weighted by molar-refractivity contribution is 14.0. The van der Waals surface area contributed by atoms with Crippen LogP contribution < -0.4 is 5.32 Å². The number of methoxy groups -OCH3 is 1. The zero-order chi connectivity index (χ0) is 14.9. The van der Waals surface area contributed by atoms with Crippen LogP contribution in [-0.4, -0.2) is 48.7 Å². The number of halogens is 1. The zero-order valence-corrected chi connectivity index (χ0v) is 16.7. The van der Waals surface area contributed by atoms with Crippen LogP contribution in [0, 0.1) is 5.41 Å². The third-order valence-electron chi connectivity index (χ3n) is 4.64. The molecule has 0 atom stereocenters. The van der Waals surface area contributed by atoms with Gasteiger partial charge >= 0.3 is 0 Å². The molecule has 1 heterocycles. The van der Waals surface area contributed by atoms with Gasteiger partial charge in [-0.25, -0.2) is 0 Å². The van der Waals surface area contributed by atoms with Crippen LogP contribution >= 0.6 is 24.0 Å². The monoisotopic (exact) mass is 397 g/mol. The van der Waals surface area contributed by atoms with Crippen molar-refractivity contribution in [2.75, 3.05) is 26.7 Å². The highest BCUT2D eigenvalue weighted by Gasteiger charge is 2.53. The molecule has 0 spiro atoms. The number of nitrogens with zero attached hydrogens (tertiary/aromatic N) is 2. The Bertz CT molecular complexity index is 351. The summed E-state index contributed by atoms with van der Waals surface area (Å²) in [6, 6.07) is 0. The van der Waals surface area contributed by atoms with Gasteiger partial charge in [-0.15, -0.1) is 24.0 Å². The van der Waals surface area contributed by atoms with Crippen LogP contribution in [0.15, 0.2) is 4.99 Å². The van der Waals surface area contributed by atoms with E-state index in [4.69, 9.17) is 9.73 Å². The molecule has 120 valence electrons. The van der Waals surface area contributed by atoms with E-state index in [2.05, 4.69) is 58.7 Å². The predicted molar refractivity (Wildman–Crippen MR) is 97.0 cm³/mol. The van der Waals surface area contributed by atoms with E-state index in [-0.39, 0.29) is 35.1 Å². The second-order valence-electron chi connectivity index (χ2n) is 7.16. The van der Waals surface area contributed by atoms with E-state index in [1.54, 1.807) is 7.11 Å². The summed E-state index contributed by atoms with van der Waals surface area (Å²) in [5.74, 6) is 0.997. The number of ether oxygens (including phenoxy) is 1. The molecule has 0 radical (unpaired) electrons. The van der Waals surface area contributed by atoms with Gasteiger partial charge in [-0.2, -0.15) is 0 Å². The topological polar surface area (TPSA) is 36.9 Å². The minimum atomic E-state index is -0.217. The Kier molecular flexibility index (Phi) is 6.80. The third kappa shape index (κ3) is 4.00. The molecule has 1 aliphatic heterocycles. The van der Waals surface area contributed by atoms with Crippen LogP contribution in [0.1, 0.15) is 48.5 Å². The lowest BCUT2D eigenvalue weighted by Crippen LogP contribution is -2.72. The molecule has 1 aliphatic rings. The summed E-state index contributed by atoms with van der Waals surface area (Å²) >= 11 is 0. The average Bonchev–Trinajstić information content (AvgIpc) is 2.32. The van der Waals surface area contributed by atoms with E-state index >= 15 is 0 Å². The molecular weight excluding hydrogens is 365 g/mol. The lowest BCUT2D eigenvalue weighted by atomic mass is 9.65. The summed E-state index contributed by atoms with van der Waals surface area (Å²) in [4.78, 5) is 7.11. The van der Waals surface area contributed by atoms with Crippen LogP contribution in [0.2, 0.25) is 0 Å². The van der Waals surface area contributed by atoms with Gasteiger partial charge in [0.2, 0.25) is 0 Å². The Balaban J connectivity index is 0.00000361. The van der Waals surface area contributed by atoms with E-state index in [0.717, 1.165) is 19.0 Å². The number of guanidine groups is 1. The molecule has 0 aromatic heterocycles. The normalized spacial score (nSPS) is 21.0. The average molecular weight is 397 g/mol. The molecule has 1 saturated heterocycles. The molecule has 0 aromatic carbocycles. The number of likely N-dealkylation sites (tertiary alicyclic amines) is 1. The van der Waals surface area contributed by atoms with Crippen LogP contribution in [-0.2, 0) is 4.74 Å². The maximum Gasteiger partial charge on any atom is 0.194 e. The molecule has 5 heteroatoms. The number of rotatable bonds is 4. The van der Waals surface area contributed by atoms with E-state index < -0.39 is 0 Å². The van der Waals surface area contributed by atoms with Crippen LogP contribution in [0.3, 0.4) is 0 Å². The first-order valence-corrected chi connectivity index (χ1v) is 7.18. The minimum absolute atomic E-state index is 0. The number of hydrogen-bond acceptors (Lipinski definition) is 2. The fourth-order valence-corrected chi connectivity index (χ4v) is 2.12. The number of aliphatic imine (C=N–C) groups is 1. The molecule has 0 bridgehead atoms. The van der Waals surface area contributed by atoms with Crippen molar-refractivity contribution in [2.24, 2.45) is 10.4 Å². The maximum absolute atomic E-state index is 5.44. The summed E-state index contributed by atoms with van der Waals surface area (Å²) in [5.41, 5.74) is 0.233. The molecule has 0 aromatic rings. The first-order chi connectivity index (χ1) is 8.57. The molecule has 1 N–H and O–H groups in total. The zero-order valence-electron chi connectivity index (χ0n) is 14.3. The standard InChI is InChI=1S/C15H31N3O.HI/c1-9-16-12(17-10-14(4,5)19-8)18-11-13(2,3)15(18,6)7;/h9-11H2,1-8H3,(H,16,17);1H. The highest BCUT2D eigenvalue weighted by atomic mass is 127. The van der Waals surface area contributed by atoms with Crippen molar-refractivity contribution in [1.29, 1.82) is 0 Å². The molecule has 0 saturated carbocycles. The maximum atomic E-state index is 5.44. The lowest BCUT2D eigenvalue weighted by molar-refractivity contribution is -0.0671. The van der Waals surface area contributed by atoms with Gasteiger partial charge in [0.15, 0.2) is 5.96 Å². The second-order valence-corrected chi connectivity index (χ2v) is 7.16. The van der Waals surface area contributed by atoms with Crippen molar-refractivity contribution >= 4 is 29.9 Å². The fourth-order valence-electron chi connectivity index (χ4n) is 2.12. The molecule has 20 heavy (non-hydrogen) atoms. The summed E-state index contributed by atoms with van der Waals surface area (Å²) in [5, 5.41) is 3.39. The smallest absolute Gasteiger partial charge is 0.194 e. The first kappa shape index (κ1) is 20.0. The molecule has 0 amide bonds. The second kappa shape index (κ2) is 6.81. The number of hydrogen-bond donors (Lipinski definition) is 1. The molecular formula is C15H32IN3O. The van der Waals surface area contributed by atoms with Crippen molar-refractivity contribution < 1.29 is 4.74 Å². The van der Waals surface area contributed by atoms with Gasteiger partial charge in [-0.05, 0) is 34.6 Å². The Morgan fingerprint density at radius 1 is 1.30 bits per heavy atom. The van der Waals surface area contributed by atoms with E-state index in [9.17, 15) is 0 Å². The quantitative estimate of drug-likeness (QED) is 0.450. The van der Waals surface area contributed by atoms with Crippen LogP contribution in [0.4, 0.5) is 0 Å². The van der Waals surface area contributed by atoms with Crippen molar-refractivity contribution in [3.63, 3.8) is 0 Å². The Labute approximate surface area is 141 Å². The van der Waals surface area contributed by atoms with E-state index in [0.29, 0.717) is 12.0 Å². The van der Waals surface area contributed by atoms with E-state index in [1.165, 1.54) is 0 Å². The highest BCUT2D eigenvalue weighted by Crippen LogP contribution is 2.46. The van der Waals surface area contributed by atoms with Gasteiger partial charge in [-0.3, -0.25) is 4.99 Å². The predicted octanol–water partition coefficient (Wildman–Crippen LogP) is 3.12. The molecule has 1 fully saturated rings. The first-order valence-electron chi connectivity index (χ1n) is 7.18. The molecule has 0 aliphatic carbocycles. The van der Waals surface area contributed by atoms with E-state index in [1.807, 2.05) is 0 Å². The SMILES string of the molecule is CCNC(=NCC(C)(C)OC)N1CC(C)(C)C1(C)C.I. The van der Waals surface area contributed by atoms with Gasteiger partial charge in [-0.1, -0.05) is 13.8 Å². The fraction of sp³-hybridized carbons (Fsp3) is 0.933. The van der Waals surface area contributed by atoms with Gasteiger partial charge in [0.1, 0.15) is 0 Å². The Hall–Kier alpha value is -0.0400. The van der Waals surface area contributed by atoms with Crippen molar-refractivity contribution in [3.8, 4) is 0 Å². The third-order valence-corrected chi connectivity index (χ3v) is 4.64. The summed E-state index contributed by atoms with van der Waals surface area (Å²) in [6.07, 6.45) is 0. The van der Waals surface area contributed by atoms with Crippen LogP contribution in [0.5, 0.6) is 0 Å². The van der Waals surface area contributed by atoms with Crippen molar-refractivity contribution in [1.82, 2.24) is 10.2 Å². The summed E-state index contributed by atoms with van der Waals surface area (Å²) in [6.45, 7) is 18.0. The van der Waals surface area contributed by atoms with Gasteiger partial charge in [0.25, 0.3) is 0 Å².